The number of hydrogen-bond donors (Lipinski definition) is 2. The zero-order chi connectivity index (χ0) is 17.3. The highest BCUT2D eigenvalue weighted by molar-refractivity contribution is 6.41. The van der Waals surface area contributed by atoms with Crippen molar-refractivity contribution in [2.75, 3.05) is 12.4 Å². The Hall–Kier alpha value is -2.24. The zero-order valence-corrected chi connectivity index (χ0v) is 14.6. The quantitative estimate of drug-likeness (QED) is 0.706. The average Bonchev–Trinajstić information content (AvgIpc) is 3.03. The number of aryl methyl sites for hydroxylation is 1. The van der Waals surface area contributed by atoms with Gasteiger partial charge in [0.15, 0.2) is 0 Å². The van der Waals surface area contributed by atoms with Crippen molar-refractivity contribution in [1.82, 2.24) is 9.97 Å². The van der Waals surface area contributed by atoms with Crippen LogP contribution in [0.25, 0.3) is 11.0 Å². The molecule has 0 aliphatic heterocycles. The SMILES string of the molecule is CCc1cc(OC)c(Cl)c(C(=O)Nc2cnc3[nH]ccc3c2)c1Cl. The molecule has 0 aliphatic rings. The van der Waals surface area contributed by atoms with Crippen molar-refractivity contribution in [2.24, 2.45) is 0 Å². The minimum Gasteiger partial charge on any atom is -0.495 e. The van der Waals surface area contributed by atoms with E-state index in [0.717, 1.165) is 16.6 Å². The number of H-pyrrole nitrogens is 1. The Bertz CT molecular complexity index is 893. The summed E-state index contributed by atoms with van der Waals surface area (Å²) in [5, 5.41) is 4.20. The Kier molecular flexibility index (Phi) is 4.64. The summed E-state index contributed by atoms with van der Waals surface area (Å²) in [6, 6.07) is 5.44. The number of aromatic amines is 1. The highest BCUT2D eigenvalue weighted by atomic mass is 35.5. The summed E-state index contributed by atoms with van der Waals surface area (Å²) >= 11 is 12.7. The second kappa shape index (κ2) is 6.71. The Morgan fingerprint density at radius 1 is 1.33 bits per heavy atom. The average molecular weight is 364 g/mol. The van der Waals surface area contributed by atoms with E-state index in [1.165, 1.54) is 7.11 Å². The van der Waals surface area contributed by atoms with Gasteiger partial charge in [0.2, 0.25) is 0 Å². The molecule has 1 aromatic carbocycles. The number of ether oxygens (including phenoxy) is 1. The first-order valence-corrected chi connectivity index (χ1v) is 8.10. The molecule has 0 saturated heterocycles. The van der Waals surface area contributed by atoms with Gasteiger partial charge in [-0.05, 0) is 30.2 Å². The van der Waals surface area contributed by atoms with Crippen LogP contribution in [0.5, 0.6) is 5.75 Å². The number of methoxy groups -OCH3 is 1. The Balaban J connectivity index is 1.99. The standard InChI is InChI=1S/C17H15Cl2N3O2/c1-3-9-7-12(24-2)15(19)13(14(9)18)17(23)22-11-6-10-4-5-20-16(10)21-8-11/h4-8H,3H2,1-2H3,(H,20,21)(H,22,23). The lowest BCUT2D eigenvalue weighted by molar-refractivity contribution is 0.102. The van der Waals surface area contributed by atoms with Gasteiger partial charge in [0, 0.05) is 11.6 Å². The van der Waals surface area contributed by atoms with Crippen molar-refractivity contribution < 1.29 is 9.53 Å². The number of rotatable bonds is 4. The molecule has 0 radical (unpaired) electrons. The van der Waals surface area contributed by atoms with Crippen LogP contribution in [0.1, 0.15) is 22.8 Å². The van der Waals surface area contributed by atoms with E-state index < -0.39 is 5.91 Å². The van der Waals surface area contributed by atoms with E-state index in [-0.39, 0.29) is 10.6 Å². The maximum Gasteiger partial charge on any atom is 0.258 e. The Morgan fingerprint density at radius 3 is 2.83 bits per heavy atom. The Morgan fingerprint density at radius 2 is 2.12 bits per heavy atom. The summed E-state index contributed by atoms with van der Waals surface area (Å²) in [5.74, 6) is 0.0116. The number of pyridine rings is 1. The van der Waals surface area contributed by atoms with E-state index >= 15 is 0 Å². The molecule has 0 fully saturated rings. The van der Waals surface area contributed by atoms with Crippen LogP contribution in [0.4, 0.5) is 5.69 Å². The van der Waals surface area contributed by atoms with Gasteiger partial charge in [-0.25, -0.2) is 4.98 Å². The molecule has 0 spiro atoms. The van der Waals surface area contributed by atoms with Crippen LogP contribution in [0, 0.1) is 0 Å². The summed E-state index contributed by atoms with van der Waals surface area (Å²) in [4.78, 5) is 19.9. The van der Waals surface area contributed by atoms with E-state index in [2.05, 4.69) is 15.3 Å². The molecule has 3 aromatic rings. The number of benzene rings is 1. The van der Waals surface area contributed by atoms with Gasteiger partial charge in [0.05, 0.1) is 34.6 Å². The Labute approximate surface area is 148 Å². The van der Waals surface area contributed by atoms with Crippen LogP contribution in [0.2, 0.25) is 10.0 Å². The first-order valence-electron chi connectivity index (χ1n) is 7.34. The number of amides is 1. The lowest BCUT2D eigenvalue weighted by Crippen LogP contribution is -2.14. The molecule has 2 heterocycles. The first kappa shape index (κ1) is 16.6. The van der Waals surface area contributed by atoms with Gasteiger partial charge in [-0.2, -0.15) is 0 Å². The van der Waals surface area contributed by atoms with E-state index in [1.54, 1.807) is 18.5 Å². The number of nitrogens with zero attached hydrogens (tertiary/aromatic N) is 1. The van der Waals surface area contributed by atoms with E-state index in [1.807, 2.05) is 19.1 Å². The van der Waals surface area contributed by atoms with Gasteiger partial charge in [0.25, 0.3) is 5.91 Å². The monoisotopic (exact) mass is 363 g/mol. The van der Waals surface area contributed by atoms with Crippen molar-refractivity contribution in [3.63, 3.8) is 0 Å². The fraction of sp³-hybridized carbons (Fsp3) is 0.176. The smallest absolute Gasteiger partial charge is 0.258 e. The second-order valence-electron chi connectivity index (χ2n) is 5.19. The molecule has 5 nitrogen and oxygen atoms in total. The summed E-state index contributed by atoms with van der Waals surface area (Å²) < 4.78 is 5.24. The highest BCUT2D eigenvalue weighted by Crippen LogP contribution is 2.37. The maximum atomic E-state index is 12.7. The number of nitrogens with one attached hydrogen (secondary N) is 2. The zero-order valence-electron chi connectivity index (χ0n) is 13.1. The molecule has 0 atom stereocenters. The third-order valence-corrected chi connectivity index (χ3v) is 4.54. The molecule has 0 saturated carbocycles. The van der Waals surface area contributed by atoms with Gasteiger partial charge in [-0.3, -0.25) is 4.79 Å². The topological polar surface area (TPSA) is 67.0 Å². The number of halogens is 2. The molecule has 2 N–H and O–H groups in total. The predicted molar refractivity (Wildman–Crippen MR) is 96.4 cm³/mol. The van der Waals surface area contributed by atoms with Crippen LogP contribution < -0.4 is 10.1 Å². The molecule has 1 amide bonds. The van der Waals surface area contributed by atoms with Crippen molar-refractivity contribution >= 4 is 45.8 Å². The summed E-state index contributed by atoms with van der Waals surface area (Å²) in [7, 11) is 1.50. The van der Waals surface area contributed by atoms with Gasteiger partial charge < -0.3 is 15.0 Å². The molecule has 2 aromatic heterocycles. The molecule has 3 rings (SSSR count). The predicted octanol–water partition coefficient (Wildman–Crippen LogP) is 4.69. The highest BCUT2D eigenvalue weighted by Gasteiger charge is 2.21. The van der Waals surface area contributed by atoms with Gasteiger partial charge >= 0.3 is 0 Å². The van der Waals surface area contributed by atoms with Crippen LogP contribution in [0.15, 0.2) is 30.6 Å². The van der Waals surface area contributed by atoms with Gasteiger partial charge in [-0.15, -0.1) is 0 Å². The maximum absolute atomic E-state index is 12.7. The van der Waals surface area contributed by atoms with E-state index in [4.69, 9.17) is 27.9 Å². The molecular formula is C17H15Cl2N3O2. The summed E-state index contributed by atoms with van der Waals surface area (Å²) in [6.45, 7) is 1.94. The molecule has 0 bridgehead atoms. The van der Waals surface area contributed by atoms with E-state index in [9.17, 15) is 4.79 Å². The van der Waals surface area contributed by atoms with Crippen LogP contribution in [-0.4, -0.2) is 23.0 Å². The minimum absolute atomic E-state index is 0.188. The largest absolute Gasteiger partial charge is 0.495 e. The first-order chi connectivity index (χ1) is 11.5. The van der Waals surface area contributed by atoms with Gasteiger partial charge in [-0.1, -0.05) is 30.1 Å². The summed E-state index contributed by atoms with van der Waals surface area (Å²) in [5.41, 5.74) is 2.30. The number of hydrogen-bond acceptors (Lipinski definition) is 3. The van der Waals surface area contributed by atoms with Gasteiger partial charge in [0.1, 0.15) is 11.4 Å². The molecule has 0 unspecified atom stereocenters. The lowest BCUT2D eigenvalue weighted by Gasteiger charge is -2.14. The number of fused-ring (bicyclic) bond motifs is 1. The van der Waals surface area contributed by atoms with E-state index in [0.29, 0.717) is 22.9 Å². The van der Waals surface area contributed by atoms with Crippen LogP contribution >= 0.6 is 23.2 Å². The third-order valence-electron chi connectivity index (χ3n) is 3.73. The number of anilines is 1. The second-order valence-corrected chi connectivity index (χ2v) is 5.94. The van der Waals surface area contributed by atoms with Crippen molar-refractivity contribution in [3.05, 3.63) is 51.8 Å². The van der Waals surface area contributed by atoms with Crippen molar-refractivity contribution in [3.8, 4) is 5.75 Å². The van der Waals surface area contributed by atoms with Crippen LogP contribution in [0.3, 0.4) is 0 Å². The molecule has 124 valence electrons. The normalized spacial score (nSPS) is 10.8. The van der Waals surface area contributed by atoms with Crippen molar-refractivity contribution in [1.29, 1.82) is 0 Å². The lowest BCUT2D eigenvalue weighted by atomic mass is 10.1. The molecule has 24 heavy (non-hydrogen) atoms. The minimum atomic E-state index is -0.407. The molecule has 0 aliphatic carbocycles. The number of carbonyl (C=O) groups is 1. The number of aromatic nitrogens is 2. The molecule has 7 heteroatoms. The van der Waals surface area contributed by atoms with Crippen LogP contribution in [-0.2, 0) is 6.42 Å². The molecular weight excluding hydrogens is 349 g/mol. The fourth-order valence-corrected chi connectivity index (χ4v) is 3.20. The number of carbonyl (C=O) groups excluding carboxylic acids is 1. The van der Waals surface area contributed by atoms with Crippen molar-refractivity contribution in [2.45, 2.75) is 13.3 Å². The third kappa shape index (κ3) is 2.92. The fourth-order valence-electron chi connectivity index (χ4n) is 2.47. The summed E-state index contributed by atoms with van der Waals surface area (Å²) in [6.07, 6.45) is 4.01.